The topological polar surface area (TPSA) is 72.9 Å². The summed E-state index contributed by atoms with van der Waals surface area (Å²) in [4.78, 5) is 14.2. The van der Waals surface area contributed by atoms with Crippen molar-refractivity contribution >= 4 is 16.0 Å². The minimum Gasteiger partial charge on any atom is -0.484 e. The normalized spacial score (nSPS) is 11.2. The molecule has 0 saturated carbocycles. The summed E-state index contributed by atoms with van der Waals surface area (Å²) in [5.41, 5.74) is 0.693. The Bertz CT molecular complexity index is 1150. The standard InChI is InChI=1S/C24H24FNO5S/c1-18(2)26(24(27)17-30-21-8-4-3-5-9-21)16-19-7-6-10-22(15-19)31-32(28,29)23-13-11-20(25)12-14-23/h3-15,18H,16-17H2,1-2H3. The van der Waals surface area contributed by atoms with Crippen LogP contribution >= 0.6 is 0 Å². The van der Waals surface area contributed by atoms with E-state index in [0.717, 1.165) is 24.3 Å². The van der Waals surface area contributed by atoms with Crippen LogP contribution in [0, 0.1) is 5.82 Å². The van der Waals surface area contributed by atoms with Crippen molar-refractivity contribution < 1.29 is 26.5 Å². The molecule has 0 heterocycles. The fourth-order valence-electron chi connectivity index (χ4n) is 2.97. The minimum atomic E-state index is -4.11. The van der Waals surface area contributed by atoms with Crippen LogP contribution in [0.15, 0.2) is 83.8 Å². The third kappa shape index (κ3) is 6.31. The zero-order valence-electron chi connectivity index (χ0n) is 17.8. The summed E-state index contributed by atoms with van der Waals surface area (Å²) in [5, 5.41) is 0. The molecule has 3 aromatic carbocycles. The van der Waals surface area contributed by atoms with Crippen molar-refractivity contribution in [2.75, 3.05) is 6.61 Å². The number of ether oxygens (including phenoxy) is 1. The molecule has 0 saturated heterocycles. The second-order valence-electron chi connectivity index (χ2n) is 7.36. The maximum absolute atomic E-state index is 13.1. The van der Waals surface area contributed by atoms with E-state index in [-0.39, 0.29) is 35.7 Å². The predicted octanol–water partition coefficient (Wildman–Crippen LogP) is 4.41. The summed E-state index contributed by atoms with van der Waals surface area (Å²) in [6.45, 7) is 3.92. The van der Waals surface area contributed by atoms with Gasteiger partial charge >= 0.3 is 10.1 Å². The van der Waals surface area contributed by atoms with E-state index in [4.69, 9.17) is 8.92 Å². The summed E-state index contributed by atoms with van der Waals surface area (Å²) in [6.07, 6.45) is 0. The number of amides is 1. The number of halogens is 1. The molecule has 0 radical (unpaired) electrons. The molecule has 0 aliphatic heterocycles. The molecular weight excluding hydrogens is 433 g/mol. The van der Waals surface area contributed by atoms with Crippen molar-refractivity contribution in [2.24, 2.45) is 0 Å². The van der Waals surface area contributed by atoms with Gasteiger partial charge in [-0.1, -0.05) is 30.3 Å². The average molecular weight is 458 g/mol. The number of hydrogen-bond donors (Lipinski definition) is 0. The highest BCUT2D eigenvalue weighted by Gasteiger charge is 2.20. The lowest BCUT2D eigenvalue weighted by molar-refractivity contribution is -0.135. The van der Waals surface area contributed by atoms with Gasteiger partial charge in [0.25, 0.3) is 5.91 Å². The summed E-state index contributed by atoms with van der Waals surface area (Å²) in [5.74, 6) is -0.0378. The van der Waals surface area contributed by atoms with Crippen molar-refractivity contribution in [2.45, 2.75) is 31.3 Å². The second-order valence-corrected chi connectivity index (χ2v) is 8.90. The Labute approximate surface area is 187 Å². The third-order valence-electron chi connectivity index (χ3n) is 4.61. The van der Waals surface area contributed by atoms with Crippen LogP contribution in [0.5, 0.6) is 11.5 Å². The van der Waals surface area contributed by atoms with Crippen LogP contribution in [0.1, 0.15) is 19.4 Å². The van der Waals surface area contributed by atoms with Gasteiger partial charge in [-0.05, 0) is 67.9 Å². The molecule has 0 spiro atoms. The van der Waals surface area contributed by atoms with Gasteiger partial charge in [0.1, 0.15) is 22.2 Å². The van der Waals surface area contributed by atoms with Crippen LogP contribution in [0.3, 0.4) is 0 Å². The Balaban J connectivity index is 1.69. The van der Waals surface area contributed by atoms with Crippen molar-refractivity contribution in [3.63, 3.8) is 0 Å². The van der Waals surface area contributed by atoms with Gasteiger partial charge in [-0.15, -0.1) is 0 Å². The number of carbonyl (C=O) groups is 1. The van der Waals surface area contributed by atoms with Crippen LogP contribution in [0.25, 0.3) is 0 Å². The van der Waals surface area contributed by atoms with Gasteiger partial charge in [0.15, 0.2) is 6.61 Å². The van der Waals surface area contributed by atoms with Crippen LogP contribution in [-0.4, -0.2) is 31.9 Å². The summed E-state index contributed by atoms with van der Waals surface area (Å²) < 4.78 is 48.8. The van der Waals surface area contributed by atoms with E-state index in [1.54, 1.807) is 35.2 Å². The first-order valence-corrected chi connectivity index (χ1v) is 11.4. The van der Waals surface area contributed by atoms with Crippen LogP contribution in [-0.2, 0) is 21.5 Å². The second kappa shape index (κ2) is 10.3. The van der Waals surface area contributed by atoms with E-state index in [0.29, 0.717) is 11.3 Å². The van der Waals surface area contributed by atoms with Gasteiger partial charge in [-0.3, -0.25) is 4.79 Å². The molecule has 0 bridgehead atoms. The van der Waals surface area contributed by atoms with Crippen molar-refractivity contribution in [1.29, 1.82) is 0 Å². The largest absolute Gasteiger partial charge is 0.484 e. The number of para-hydroxylation sites is 1. The molecular formula is C24H24FNO5S. The number of nitrogens with zero attached hydrogens (tertiary/aromatic N) is 1. The smallest absolute Gasteiger partial charge is 0.339 e. The highest BCUT2D eigenvalue weighted by molar-refractivity contribution is 7.87. The first-order chi connectivity index (χ1) is 15.2. The first kappa shape index (κ1) is 23.3. The van der Waals surface area contributed by atoms with E-state index < -0.39 is 15.9 Å². The van der Waals surface area contributed by atoms with Gasteiger partial charge in [-0.25, -0.2) is 4.39 Å². The number of benzene rings is 3. The zero-order valence-corrected chi connectivity index (χ0v) is 18.6. The van der Waals surface area contributed by atoms with Crippen LogP contribution < -0.4 is 8.92 Å². The Hall–Kier alpha value is -3.39. The minimum absolute atomic E-state index is 0.100. The summed E-state index contributed by atoms with van der Waals surface area (Å²) >= 11 is 0. The van der Waals surface area contributed by atoms with Gasteiger partial charge < -0.3 is 13.8 Å². The Kier molecular flexibility index (Phi) is 7.48. The van der Waals surface area contributed by atoms with E-state index in [9.17, 15) is 17.6 Å². The van der Waals surface area contributed by atoms with Crippen LogP contribution in [0.2, 0.25) is 0 Å². The molecule has 0 unspecified atom stereocenters. The van der Waals surface area contributed by atoms with E-state index in [2.05, 4.69) is 0 Å². The number of hydrogen-bond acceptors (Lipinski definition) is 5. The van der Waals surface area contributed by atoms with Crippen molar-refractivity contribution in [3.05, 3.63) is 90.2 Å². The lowest BCUT2D eigenvalue weighted by Crippen LogP contribution is -2.39. The Morgan fingerprint density at radius 3 is 2.25 bits per heavy atom. The molecule has 6 nitrogen and oxygen atoms in total. The summed E-state index contributed by atoms with van der Waals surface area (Å²) in [6, 6.07) is 19.8. The maximum atomic E-state index is 13.1. The zero-order chi connectivity index (χ0) is 23.1. The van der Waals surface area contributed by atoms with Gasteiger partial charge in [0.05, 0.1) is 0 Å². The molecule has 0 aromatic heterocycles. The SMILES string of the molecule is CC(C)N(Cc1cccc(OS(=O)(=O)c2ccc(F)cc2)c1)C(=O)COc1ccccc1. The lowest BCUT2D eigenvalue weighted by Gasteiger charge is -2.27. The lowest BCUT2D eigenvalue weighted by atomic mass is 10.2. The molecule has 0 aliphatic rings. The molecule has 3 aromatic rings. The monoisotopic (exact) mass is 457 g/mol. The third-order valence-corrected chi connectivity index (χ3v) is 5.87. The fourth-order valence-corrected chi connectivity index (χ4v) is 3.89. The molecule has 3 rings (SSSR count). The Morgan fingerprint density at radius 1 is 0.938 bits per heavy atom. The molecule has 0 atom stereocenters. The highest BCUT2D eigenvalue weighted by atomic mass is 32.2. The molecule has 1 amide bonds. The van der Waals surface area contributed by atoms with Gasteiger partial charge in [0, 0.05) is 12.6 Å². The quantitative estimate of drug-likeness (QED) is 0.445. The number of rotatable bonds is 9. The number of carbonyl (C=O) groups excluding carboxylic acids is 1. The van der Waals surface area contributed by atoms with E-state index in [1.165, 1.54) is 6.07 Å². The predicted molar refractivity (Wildman–Crippen MR) is 118 cm³/mol. The van der Waals surface area contributed by atoms with Gasteiger partial charge in [0.2, 0.25) is 0 Å². The molecule has 0 N–H and O–H groups in total. The van der Waals surface area contributed by atoms with E-state index in [1.807, 2.05) is 32.0 Å². The van der Waals surface area contributed by atoms with Crippen molar-refractivity contribution in [1.82, 2.24) is 4.90 Å². The fraction of sp³-hybridized carbons (Fsp3) is 0.208. The molecule has 32 heavy (non-hydrogen) atoms. The summed E-state index contributed by atoms with van der Waals surface area (Å²) in [7, 11) is -4.11. The van der Waals surface area contributed by atoms with E-state index >= 15 is 0 Å². The first-order valence-electron chi connectivity index (χ1n) is 10.0. The molecule has 0 fully saturated rings. The molecule has 0 aliphatic carbocycles. The van der Waals surface area contributed by atoms with Gasteiger partial charge in [-0.2, -0.15) is 8.42 Å². The molecule has 168 valence electrons. The van der Waals surface area contributed by atoms with Crippen molar-refractivity contribution in [3.8, 4) is 11.5 Å². The maximum Gasteiger partial charge on any atom is 0.339 e. The van der Waals surface area contributed by atoms with Crippen LogP contribution in [0.4, 0.5) is 4.39 Å². The molecule has 8 heteroatoms. The Morgan fingerprint density at radius 2 is 1.59 bits per heavy atom. The highest BCUT2D eigenvalue weighted by Crippen LogP contribution is 2.21. The average Bonchev–Trinajstić information content (AvgIpc) is 2.76.